The van der Waals surface area contributed by atoms with Crippen LogP contribution in [-0.4, -0.2) is 4.57 Å². The molecule has 6 rings (SSSR count). The van der Waals surface area contributed by atoms with Gasteiger partial charge in [-0.3, -0.25) is 0 Å². The van der Waals surface area contributed by atoms with Crippen LogP contribution in [0.3, 0.4) is 0 Å². The number of aryl methyl sites for hydroxylation is 1. The van der Waals surface area contributed by atoms with Crippen LogP contribution >= 0.6 is 0 Å². The summed E-state index contributed by atoms with van der Waals surface area (Å²) in [7, 11) is 0. The number of hydrogen-bond acceptors (Lipinski definition) is 0. The fourth-order valence-electron chi connectivity index (χ4n) is 7.80. The van der Waals surface area contributed by atoms with E-state index in [1.165, 1.54) is 52.3 Å². The lowest BCUT2D eigenvalue weighted by Gasteiger charge is -2.54. The van der Waals surface area contributed by atoms with Gasteiger partial charge in [0.05, 0.1) is 16.7 Å². The van der Waals surface area contributed by atoms with Gasteiger partial charge in [-0.15, -0.1) is 0 Å². The minimum Gasteiger partial charge on any atom is -0.308 e. The van der Waals surface area contributed by atoms with E-state index >= 15 is 0 Å². The van der Waals surface area contributed by atoms with Crippen molar-refractivity contribution >= 4 is 21.8 Å². The number of para-hydroxylation sites is 3. The summed E-state index contributed by atoms with van der Waals surface area (Å²) in [6.07, 6.45) is 3.92. The minimum absolute atomic E-state index is 0.0853. The minimum atomic E-state index is 0.0853. The molecule has 0 amide bonds. The molecule has 1 spiro atoms. The molecule has 1 heteroatoms. The van der Waals surface area contributed by atoms with Gasteiger partial charge in [-0.25, -0.2) is 0 Å². The van der Waals surface area contributed by atoms with E-state index in [9.17, 15) is 0 Å². The largest absolute Gasteiger partial charge is 0.308 e. The second-order valence-corrected chi connectivity index (χ2v) is 11.2. The second-order valence-electron chi connectivity index (χ2n) is 11.2. The molecule has 1 aliphatic carbocycles. The molecule has 0 radical (unpaired) electrons. The number of benzene rings is 3. The zero-order valence-electron chi connectivity index (χ0n) is 20.2. The number of rotatable bonds is 2. The summed E-state index contributed by atoms with van der Waals surface area (Å²) >= 11 is 0. The first kappa shape index (κ1) is 20.1. The Morgan fingerprint density at radius 3 is 2.41 bits per heavy atom. The Hall–Kier alpha value is -2.54. The zero-order valence-corrected chi connectivity index (χ0v) is 20.2. The molecule has 0 bridgehead atoms. The maximum atomic E-state index is 2.60. The van der Waals surface area contributed by atoms with Crippen LogP contribution in [0.15, 0.2) is 60.7 Å². The maximum absolute atomic E-state index is 2.60. The summed E-state index contributed by atoms with van der Waals surface area (Å²) in [6, 6.07) is 23.3. The van der Waals surface area contributed by atoms with Crippen molar-refractivity contribution in [3.63, 3.8) is 0 Å². The van der Waals surface area contributed by atoms with Crippen LogP contribution < -0.4 is 0 Å². The van der Waals surface area contributed by atoms with Crippen molar-refractivity contribution in [3.8, 4) is 5.69 Å². The standard InChI is InChI=1S/C31H35N/c1-19(2)16-23-18-20(3)17-22(5)31(23)26-13-8-10-21(4)29(26)32-28-15-7-6-11-24(28)25-12-9-14-27(31)30(25)32/h6-15,19-20,22-23H,16-18H2,1-5H3. The third-order valence-corrected chi connectivity index (χ3v) is 8.67. The van der Waals surface area contributed by atoms with E-state index in [1.54, 1.807) is 11.1 Å². The molecule has 1 fully saturated rings. The fourth-order valence-corrected chi connectivity index (χ4v) is 7.80. The first-order valence-electron chi connectivity index (χ1n) is 12.6. The van der Waals surface area contributed by atoms with E-state index < -0.39 is 0 Å². The summed E-state index contributed by atoms with van der Waals surface area (Å²) in [4.78, 5) is 0. The van der Waals surface area contributed by atoms with Crippen molar-refractivity contribution in [2.24, 2.45) is 23.7 Å². The average Bonchev–Trinajstić information content (AvgIpc) is 3.09. The van der Waals surface area contributed by atoms with Gasteiger partial charge >= 0.3 is 0 Å². The van der Waals surface area contributed by atoms with E-state index in [-0.39, 0.29) is 5.41 Å². The second kappa shape index (κ2) is 6.98. The van der Waals surface area contributed by atoms with Gasteiger partial charge in [0.25, 0.3) is 0 Å². The molecule has 32 heavy (non-hydrogen) atoms. The van der Waals surface area contributed by atoms with Crippen molar-refractivity contribution in [1.29, 1.82) is 0 Å². The first-order chi connectivity index (χ1) is 15.4. The Morgan fingerprint density at radius 2 is 1.59 bits per heavy atom. The van der Waals surface area contributed by atoms with Gasteiger partial charge < -0.3 is 4.57 Å². The van der Waals surface area contributed by atoms with Gasteiger partial charge in [0.15, 0.2) is 0 Å². The summed E-state index contributed by atoms with van der Waals surface area (Å²) in [6.45, 7) is 12.2. The van der Waals surface area contributed by atoms with E-state index in [0.29, 0.717) is 17.8 Å². The van der Waals surface area contributed by atoms with Crippen LogP contribution in [0.1, 0.15) is 63.6 Å². The van der Waals surface area contributed by atoms with Crippen LogP contribution in [-0.2, 0) is 5.41 Å². The third-order valence-electron chi connectivity index (χ3n) is 8.67. The van der Waals surface area contributed by atoms with E-state index in [1.807, 2.05) is 0 Å². The molecule has 1 aromatic heterocycles. The SMILES string of the molecule is Cc1cccc2c1-n1c3ccccc3c3cccc(c31)C21C(C)CC(C)CC1CC(C)C. The van der Waals surface area contributed by atoms with Crippen LogP contribution in [0.2, 0.25) is 0 Å². The Kier molecular flexibility index (Phi) is 4.38. The van der Waals surface area contributed by atoms with Gasteiger partial charge in [0.1, 0.15) is 0 Å². The smallest absolute Gasteiger partial charge is 0.0582 e. The van der Waals surface area contributed by atoms with Crippen LogP contribution in [0.5, 0.6) is 0 Å². The molecule has 4 aromatic rings. The third kappa shape index (κ3) is 2.46. The predicted molar refractivity (Wildman–Crippen MR) is 137 cm³/mol. The lowest BCUT2D eigenvalue weighted by Crippen LogP contribution is -2.49. The highest BCUT2D eigenvalue weighted by Gasteiger charge is 2.53. The zero-order chi connectivity index (χ0) is 22.2. The topological polar surface area (TPSA) is 4.93 Å². The molecule has 4 unspecified atom stereocenters. The van der Waals surface area contributed by atoms with Crippen molar-refractivity contribution in [3.05, 3.63) is 77.4 Å². The van der Waals surface area contributed by atoms with E-state index in [4.69, 9.17) is 0 Å². The number of nitrogens with zero attached hydrogens (tertiary/aromatic N) is 1. The number of aromatic nitrogens is 1. The highest BCUT2D eigenvalue weighted by atomic mass is 15.0. The molecular formula is C31H35N. The predicted octanol–water partition coefficient (Wildman–Crippen LogP) is 8.42. The number of fused-ring (bicyclic) bond motifs is 7. The molecule has 4 atom stereocenters. The fraction of sp³-hybridized carbons (Fsp3) is 0.419. The van der Waals surface area contributed by atoms with Crippen molar-refractivity contribution in [1.82, 2.24) is 4.57 Å². The molecular weight excluding hydrogens is 386 g/mol. The van der Waals surface area contributed by atoms with Crippen LogP contribution in [0.25, 0.3) is 27.5 Å². The van der Waals surface area contributed by atoms with Crippen molar-refractivity contribution < 1.29 is 0 Å². The Morgan fingerprint density at radius 1 is 0.875 bits per heavy atom. The van der Waals surface area contributed by atoms with Crippen LogP contribution in [0, 0.1) is 30.6 Å². The van der Waals surface area contributed by atoms with Crippen LogP contribution in [0.4, 0.5) is 0 Å². The lowest BCUT2D eigenvalue weighted by atomic mass is 9.50. The van der Waals surface area contributed by atoms with Gasteiger partial charge in [-0.1, -0.05) is 82.3 Å². The summed E-state index contributed by atoms with van der Waals surface area (Å²) in [5, 5.41) is 2.80. The number of hydrogen-bond donors (Lipinski definition) is 0. The first-order valence-corrected chi connectivity index (χ1v) is 12.6. The van der Waals surface area contributed by atoms with Crippen molar-refractivity contribution in [2.75, 3.05) is 0 Å². The van der Waals surface area contributed by atoms with E-state index in [0.717, 1.165) is 5.92 Å². The highest BCUT2D eigenvalue weighted by molar-refractivity contribution is 6.11. The maximum Gasteiger partial charge on any atom is 0.0582 e. The van der Waals surface area contributed by atoms with Gasteiger partial charge in [-0.05, 0) is 72.6 Å². The summed E-state index contributed by atoms with van der Waals surface area (Å²) in [5.41, 5.74) is 8.89. The summed E-state index contributed by atoms with van der Waals surface area (Å²) < 4.78 is 2.60. The molecule has 2 heterocycles. The van der Waals surface area contributed by atoms with Gasteiger partial charge in [0.2, 0.25) is 0 Å². The molecule has 0 saturated heterocycles. The Balaban J connectivity index is 1.83. The quantitative estimate of drug-likeness (QED) is 0.306. The molecule has 0 N–H and O–H groups in total. The Labute approximate surface area is 192 Å². The van der Waals surface area contributed by atoms with Gasteiger partial charge in [0, 0.05) is 16.2 Å². The molecule has 1 nitrogen and oxygen atoms in total. The van der Waals surface area contributed by atoms with Gasteiger partial charge in [-0.2, -0.15) is 0 Å². The molecule has 2 aliphatic rings. The monoisotopic (exact) mass is 421 g/mol. The molecule has 1 saturated carbocycles. The summed E-state index contributed by atoms with van der Waals surface area (Å²) in [5.74, 6) is 2.78. The Bertz CT molecular complexity index is 1340. The van der Waals surface area contributed by atoms with Crippen molar-refractivity contribution in [2.45, 2.75) is 59.3 Å². The molecule has 1 aliphatic heterocycles. The van der Waals surface area contributed by atoms with E-state index in [2.05, 4.69) is 99.8 Å². The lowest BCUT2D eigenvalue weighted by molar-refractivity contribution is 0.0969. The average molecular weight is 422 g/mol. The highest BCUT2D eigenvalue weighted by Crippen LogP contribution is 2.60. The molecule has 164 valence electrons. The molecule has 3 aromatic carbocycles. The normalized spacial score (nSPS) is 26.9.